The van der Waals surface area contributed by atoms with Crippen molar-refractivity contribution in [3.8, 4) is 5.75 Å². The highest BCUT2D eigenvalue weighted by Crippen LogP contribution is 2.23. The van der Waals surface area contributed by atoms with Crippen LogP contribution in [0.4, 0.5) is 5.69 Å². The number of carbonyl (C=O) groups excluding carboxylic acids is 1. The molecule has 0 saturated heterocycles. The van der Waals surface area contributed by atoms with E-state index in [2.05, 4.69) is 0 Å². The van der Waals surface area contributed by atoms with Crippen LogP contribution in [-0.4, -0.2) is 34.9 Å². The zero-order valence-electron chi connectivity index (χ0n) is 12.9. The molecule has 1 aliphatic rings. The lowest BCUT2D eigenvalue weighted by Crippen LogP contribution is -2.43. The van der Waals surface area contributed by atoms with Crippen LogP contribution in [0.5, 0.6) is 5.75 Å². The first-order valence-corrected chi connectivity index (χ1v) is 7.78. The van der Waals surface area contributed by atoms with E-state index in [1.807, 2.05) is 11.8 Å². The molecule has 1 aromatic carbocycles. The van der Waals surface area contributed by atoms with E-state index >= 15 is 0 Å². The minimum Gasteiger partial charge on any atom is -0.484 e. The van der Waals surface area contributed by atoms with Gasteiger partial charge in [-0.2, -0.15) is 0 Å². The molecule has 1 aliphatic carbocycles. The summed E-state index contributed by atoms with van der Waals surface area (Å²) in [4.78, 5) is 24.3. The van der Waals surface area contributed by atoms with Gasteiger partial charge in [-0.05, 0) is 31.9 Å². The van der Waals surface area contributed by atoms with Crippen molar-refractivity contribution in [2.75, 3.05) is 13.2 Å². The SMILES string of the molecule is CCN(C(=O)COc1ccc([N+](=O)[O-])cc1)C1CCCCC1. The largest absolute Gasteiger partial charge is 0.484 e. The maximum absolute atomic E-state index is 12.3. The second kappa shape index (κ2) is 7.77. The van der Waals surface area contributed by atoms with Crippen molar-refractivity contribution >= 4 is 11.6 Å². The minimum absolute atomic E-state index is 0.0102. The quantitative estimate of drug-likeness (QED) is 0.598. The summed E-state index contributed by atoms with van der Waals surface area (Å²) in [6.45, 7) is 2.65. The molecule has 6 nitrogen and oxygen atoms in total. The van der Waals surface area contributed by atoms with E-state index in [4.69, 9.17) is 4.74 Å². The van der Waals surface area contributed by atoms with Gasteiger partial charge in [0.25, 0.3) is 11.6 Å². The Morgan fingerprint density at radius 1 is 1.27 bits per heavy atom. The fourth-order valence-corrected chi connectivity index (χ4v) is 2.92. The Morgan fingerprint density at radius 2 is 1.91 bits per heavy atom. The molecule has 120 valence electrons. The number of hydrogen-bond acceptors (Lipinski definition) is 4. The molecule has 0 aliphatic heterocycles. The van der Waals surface area contributed by atoms with Gasteiger partial charge in [0.05, 0.1) is 4.92 Å². The average molecular weight is 306 g/mol. The third-order valence-electron chi connectivity index (χ3n) is 4.09. The first kappa shape index (κ1) is 16.3. The maximum Gasteiger partial charge on any atom is 0.269 e. The van der Waals surface area contributed by atoms with Crippen molar-refractivity contribution in [3.63, 3.8) is 0 Å². The van der Waals surface area contributed by atoms with Crippen molar-refractivity contribution in [2.45, 2.75) is 45.1 Å². The molecule has 0 unspecified atom stereocenters. The van der Waals surface area contributed by atoms with Crippen LogP contribution in [0.25, 0.3) is 0 Å². The van der Waals surface area contributed by atoms with Crippen molar-refractivity contribution < 1.29 is 14.5 Å². The number of amides is 1. The van der Waals surface area contributed by atoms with Gasteiger partial charge in [-0.15, -0.1) is 0 Å². The maximum atomic E-state index is 12.3. The van der Waals surface area contributed by atoms with Gasteiger partial charge in [0.2, 0.25) is 0 Å². The van der Waals surface area contributed by atoms with E-state index in [-0.39, 0.29) is 18.2 Å². The van der Waals surface area contributed by atoms with E-state index in [1.54, 1.807) is 0 Å². The molecule has 1 fully saturated rings. The highest BCUT2D eigenvalue weighted by atomic mass is 16.6. The molecule has 0 bridgehead atoms. The number of carbonyl (C=O) groups is 1. The summed E-state index contributed by atoms with van der Waals surface area (Å²) in [5, 5.41) is 10.6. The summed E-state index contributed by atoms with van der Waals surface area (Å²) in [6.07, 6.45) is 5.74. The number of nitro groups is 1. The summed E-state index contributed by atoms with van der Waals surface area (Å²) >= 11 is 0. The molecular formula is C16H22N2O4. The summed E-state index contributed by atoms with van der Waals surface area (Å²) in [5.74, 6) is 0.450. The van der Waals surface area contributed by atoms with Gasteiger partial charge >= 0.3 is 0 Å². The Kier molecular flexibility index (Phi) is 5.75. The molecule has 1 amide bonds. The van der Waals surface area contributed by atoms with Crippen LogP contribution in [0.1, 0.15) is 39.0 Å². The van der Waals surface area contributed by atoms with Gasteiger partial charge in [-0.3, -0.25) is 14.9 Å². The second-order valence-corrected chi connectivity index (χ2v) is 5.51. The van der Waals surface area contributed by atoms with Gasteiger partial charge in [0.1, 0.15) is 5.75 Å². The van der Waals surface area contributed by atoms with Gasteiger partial charge in [0.15, 0.2) is 6.61 Å². The van der Waals surface area contributed by atoms with Crippen molar-refractivity contribution in [2.24, 2.45) is 0 Å². The molecule has 0 radical (unpaired) electrons. The van der Waals surface area contributed by atoms with Gasteiger partial charge in [0, 0.05) is 24.7 Å². The Morgan fingerprint density at radius 3 is 2.45 bits per heavy atom. The van der Waals surface area contributed by atoms with E-state index in [0.29, 0.717) is 18.3 Å². The molecule has 0 aromatic heterocycles. The fourth-order valence-electron chi connectivity index (χ4n) is 2.92. The summed E-state index contributed by atoms with van der Waals surface area (Å²) < 4.78 is 5.46. The van der Waals surface area contributed by atoms with Crippen molar-refractivity contribution in [1.29, 1.82) is 0 Å². The van der Waals surface area contributed by atoms with E-state index in [1.165, 1.54) is 43.5 Å². The van der Waals surface area contributed by atoms with Crippen molar-refractivity contribution in [1.82, 2.24) is 4.90 Å². The summed E-state index contributed by atoms with van der Waals surface area (Å²) in [7, 11) is 0. The lowest BCUT2D eigenvalue weighted by molar-refractivity contribution is -0.384. The molecule has 1 saturated carbocycles. The lowest BCUT2D eigenvalue weighted by atomic mass is 9.94. The fraction of sp³-hybridized carbons (Fsp3) is 0.562. The zero-order chi connectivity index (χ0) is 15.9. The molecule has 2 rings (SSSR count). The number of ether oxygens (including phenoxy) is 1. The van der Waals surface area contributed by atoms with Crippen LogP contribution in [0.2, 0.25) is 0 Å². The lowest BCUT2D eigenvalue weighted by Gasteiger charge is -2.33. The third kappa shape index (κ3) is 4.19. The molecule has 0 spiro atoms. The number of likely N-dealkylation sites (N-methyl/N-ethyl adjacent to an activating group) is 1. The number of nitro benzene ring substituents is 1. The highest BCUT2D eigenvalue weighted by molar-refractivity contribution is 5.78. The smallest absolute Gasteiger partial charge is 0.269 e. The molecule has 0 N–H and O–H groups in total. The Hall–Kier alpha value is -2.11. The Balaban J connectivity index is 1.88. The molecule has 1 aromatic rings. The molecule has 0 heterocycles. The number of rotatable bonds is 6. The van der Waals surface area contributed by atoms with E-state index < -0.39 is 4.92 Å². The molecule has 0 atom stereocenters. The topological polar surface area (TPSA) is 72.7 Å². The Bertz CT molecular complexity index is 509. The summed E-state index contributed by atoms with van der Waals surface area (Å²) in [5.41, 5.74) is 0.0102. The predicted octanol–water partition coefficient (Wildman–Crippen LogP) is 3.15. The van der Waals surface area contributed by atoms with Crippen LogP contribution in [0, 0.1) is 10.1 Å². The number of benzene rings is 1. The summed E-state index contributed by atoms with van der Waals surface area (Å²) in [6, 6.07) is 6.11. The van der Waals surface area contributed by atoms with Crippen LogP contribution in [0.15, 0.2) is 24.3 Å². The number of hydrogen-bond donors (Lipinski definition) is 0. The van der Waals surface area contributed by atoms with Crippen molar-refractivity contribution in [3.05, 3.63) is 34.4 Å². The molecule has 6 heteroatoms. The highest BCUT2D eigenvalue weighted by Gasteiger charge is 2.24. The van der Waals surface area contributed by atoms with Crippen LogP contribution in [0.3, 0.4) is 0 Å². The van der Waals surface area contributed by atoms with Crippen LogP contribution in [-0.2, 0) is 4.79 Å². The van der Waals surface area contributed by atoms with E-state index in [9.17, 15) is 14.9 Å². The van der Waals surface area contributed by atoms with Gasteiger partial charge in [-0.25, -0.2) is 0 Å². The van der Waals surface area contributed by atoms with Crippen LogP contribution < -0.4 is 4.74 Å². The molecular weight excluding hydrogens is 284 g/mol. The first-order valence-electron chi connectivity index (χ1n) is 7.78. The monoisotopic (exact) mass is 306 g/mol. The number of non-ortho nitro benzene ring substituents is 1. The standard InChI is InChI=1S/C16H22N2O4/c1-2-17(13-6-4-3-5-7-13)16(19)12-22-15-10-8-14(9-11-15)18(20)21/h8-11,13H,2-7,12H2,1H3. The Labute approximate surface area is 130 Å². The number of nitrogens with zero attached hydrogens (tertiary/aromatic N) is 2. The van der Waals surface area contributed by atoms with Gasteiger partial charge in [-0.1, -0.05) is 19.3 Å². The minimum atomic E-state index is -0.461. The first-order chi connectivity index (χ1) is 10.6. The second-order valence-electron chi connectivity index (χ2n) is 5.51. The third-order valence-corrected chi connectivity index (χ3v) is 4.09. The van der Waals surface area contributed by atoms with E-state index in [0.717, 1.165) is 12.8 Å². The van der Waals surface area contributed by atoms with Crippen LogP contribution >= 0.6 is 0 Å². The normalized spacial score (nSPS) is 15.3. The average Bonchev–Trinajstić information content (AvgIpc) is 2.55. The molecule has 22 heavy (non-hydrogen) atoms. The zero-order valence-corrected chi connectivity index (χ0v) is 12.9. The predicted molar refractivity (Wildman–Crippen MR) is 82.9 cm³/mol. The van der Waals surface area contributed by atoms with Gasteiger partial charge < -0.3 is 9.64 Å².